The first-order chi connectivity index (χ1) is 12.8. The summed E-state index contributed by atoms with van der Waals surface area (Å²) in [5, 5.41) is 2.47. The summed E-state index contributed by atoms with van der Waals surface area (Å²) in [5.41, 5.74) is 4.65. The predicted molar refractivity (Wildman–Crippen MR) is 107 cm³/mol. The van der Waals surface area contributed by atoms with Gasteiger partial charge in [-0.3, -0.25) is 0 Å². The third-order valence-electron chi connectivity index (χ3n) is 5.11. The van der Waals surface area contributed by atoms with Gasteiger partial charge in [0.2, 0.25) is 5.95 Å². The summed E-state index contributed by atoms with van der Waals surface area (Å²) in [6.07, 6.45) is 2.89. The van der Waals surface area contributed by atoms with Gasteiger partial charge in [0.25, 0.3) is 0 Å². The number of rotatable bonds is 2. The van der Waals surface area contributed by atoms with Crippen molar-refractivity contribution in [3.63, 3.8) is 0 Å². The number of hydrogen-bond acceptors (Lipinski definition) is 3. The average Bonchev–Trinajstić information content (AvgIpc) is 3.03. The largest absolute Gasteiger partial charge is 0.307 e. The molecule has 1 aliphatic heterocycles. The van der Waals surface area contributed by atoms with E-state index in [1.807, 2.05) is 12.3 Å². The maximum atomic E-state index is 4.90. The molecule has 126 valence electrons. The molecule has 3 heteroatoms. The smallest absolute Gasteiger partial charge is 0.230 e. The number of hydrogen-bond donors (Lipinski definition) is 0. The fourth-order valence-corrected chi connectivity index (χ4v) is 3.84. The fraction of sp³-hybridized carbons (Fsp3) is 0.130. The molecule has 4 aromatic rings. The van der Waals surface area contributed by atoms with Crippen LogP contribution in [-0.2, 0) is 6.42 Å². The minimum Gasteiger partial charge on any atom is -0.307 e. The number of para-hydroxylation sites is 1. The van der Waals surface area contributed by atoms with Crippen LogP contribution >= 0.6 is 0 Å². The molecule has 1 unspecified atom stereocenters. The first-order valence-electron chi connectivity index (χ1n) is 8.99. The Morgan fingerprint density at radius 1 is 0.885 bits per heavy atom. The van der Waals surface area contributed by atoms with Gasteiger partial charge in [-0.05, 0) is 47.9 Å². The second-order valence-electron chi connectivity index (χ2n) is 6.86. The van der Waals surface area contributed by atoms with Crippen molar-refractivity contribution in [2.24, 2.45) is 0 Å². The Kier molecular flexibility index (Phi) is 3.45. The molecule has 3 aromatic carbocycles. The van der Waals surface area contributed by atoms with E-state index in [1.165, 1.54) is 22.0 Å². The molecule has 0 amide bonds. The van der Waals surface area contributed by atoms with Crippen LogP contribution < -0.4 is 4.90 Å². The Bertz CT molecular complexity index is 1100. The molecule has 0 aliphatic carbocycles. The number of fused-ring (bicyclic) bond motifs is 2. The second kappa shape index (κ2) is 5.95. The minimum absolute atomic E-state index is 0.360. The van der Waals surface area contributed by atoms with Gasteiger partial charge in [-0.15, -0.1) is 0 Å². The predicted octanol–water partition coefficient (Wildman–Crippen LogP) is 5.38. The van der Waals surface area contributed by atoms with Crippen molar-refractivity contribution in [3.8, 4) is 11.3 Å². The lowest BCUT2D eigenvalue weighted by Gasteiger charge is -2.22. The molecule has 0 saturated heterocycles. The molecule has 0 spiro atoms. The summed E-state index contributed by atoms with van der Waals surface area (Å²) >= 11 is 0. The fourth-order valence-electron chi connectivity index (χ4n) is 3.84. The third kappa shape index (κ3) is 2.44. The van der Waals surface area contributed by atoms with Crippen LogP contribution in [0.3, 0.4) is 0 Å². The Balaban J connectivity index is 1.59. The van der Waals surface area contributed by atoms with Crippen molar-refractivity contribution in [1.29, 1.82) is 0 Å². The molecule has 0 saturated carbocycles. The van der Waals surface area contributed by atoms with Crippen LogP contribution in [0.2, 0.25) is 0 Å². The number of aromatic nitrogens is 2. The summed E-state index contributed by atoms with van der Waals surface area (Å²) in [6.45, 7) is 2.23. The highest BCUT2D eigenvalue weighted by molar-refractivity contribution is 5.86. The van der Waals surface area contributed by atoms with Crippen molar-refractivity contribution in [1.82, 2.24) is 9.97 Å². The topological polar surface area (TPSA) is 29.0 Å². The lowest BCUT2D eigenvalue weighted by Crippen LogP contribution is -2.25. The van der Waals surface area contributed by atoms with E-state index in [0.29, 0.717) is 6.04 Å². The summed E-state index contributed by atoms with van der Waals surface area (Å²) < 4.78 is 0. The maximum Gasteiger partial charge on any atom is 0.230 e. The second-order valence-corrected chi connectivity index (χ2v) is 6.86. The highest BCUT2D eigenvalue weighted by Crippen LogP contribution is 2.36. The summed E-state index contributed by atoms with van der Waals surface area (Å²) in [6, 6.07) is 25.8. The Labute approximate surface area is 153 Å². The molecule has 1 aromatic heterocycles. The van der Waals surface area contributed by atoms with Gasteiger partial charge in [-0.1, -0.05) is 54.6 Å². The van der Waals surface area contributed by atoms with E-state index in [1.54, 1.807) is 0 Å². The lowest BCUT2D eigenvalue weighted by atomic mass is 10.1. The van der Waals surface area contributed by atoms with E-state index in [2.05, 4.69) is 83.5 Å². The Morgan fingerprint density at radius 3 is 2.62 bits per heavy atom. The SMILES string of the molecule is CC1Cc2ccccc2N1c1nccc(-c2ccc3ccccc3c2)n1. The van der Waals surface area contributed by atoms with Gasteiger partial charge in [0.1, 0.15) is 0 Å². The van der Waals surface area contributed by atoms with E-state index < -0.39 is 0 Å². The van der Waals surface area contributed by atoms with Crippen LogP contribution in [0.1, 0.15) is 12.5 Å². The number of nitrogens with zero attached hydrogens (tertiary/aromatic N) is 3. The summed E-state index contributed by atoms with van der Waals surface area (Å²) in [5.74, 6) is 0.771. The zero-order valence-electron chi connectivity index (χ0n) is 14.6. The van der Waals surface area contributed by atoms with Gasteiger partial charge in [0.15, 0.2) is 0 Å². The van der Waals surface area contributed by atoms with Crippen molar-refractivity contribution in [2.75, 3.05) is 4.90 Å². The van der Waals surface area contributed by atoms with Crippen molar-refractivity contribution in [3.05, 3.63) is 84.6 Å². The van der Waals surface area contributed by atoms with Gasteiger partial charge in [0.05, 0.1) is 5.69 Å². The first kappa shape index (κ1) is 15.1. The van der Waals surface area contributed by atoms with Gasteiger partial charge >= 0.3 is 0 Å². The molecule has 0 fully saturated rings. The normalized spacial score (nSPS) is 16.0. The quantitative estimate of drug-likeness (QED) is 0.492. The molecular weight excluding hydrogens is 318 g/mol. The highest BCUT2D eigenvalue weighted by Gasteiger charge is 2.28. The van der Waals surface area contributed by atoms with Gasteiger partial charge in [0, 0.05) is 23.5 Å². The molecule has 3 nitrogen and oxygen atoms in total. The zero-order chi connectivity index (χ0) is 17.5. The van der Waals surface area contributed by atoms with E-state index >= 15 is 0 Å². The molecule has 0 N–H and O–H groups in total. The van der Waals surface area contributed by atoms with E-state index in [9.17, 15) is 0 Å². The average molecular weight is 337 g/mol. The number of benzene rings is 3. The monoisotopic (exact) mass is 337 g/mol. The third-order valence-corrected chi connectivity index (χ3v) is 5.11. The van der Waals surface area contributed by atoms with Gasteiger partial charge in [-0.25, -0.2) is 9.97 Å². The summed E-state index contributed by atoms with van der Waals surface area (Å²) in [4.78, 5) is 11.7. The molecule has 5 rings (SSSR count). The van der Waals surface area contributed by atoms with Crippen molar-refractivity contribution < 1.29 is 0 Å². The molecule has 1 aliphatic rings. The lowest BCUT2D eigenvalue weighted by molar-refractivity contribution is 0.740. The molecule has 26 heavy (non-hydrogen) atoms. The highest BCUT2D eigenvalue weighted by atomic mass is 15.3. The van der Waals surface area contributed by atoms with Crippen LogP contribution in [0.5, 0.6) is 0 Å². The maximum absolute atomic E-state index is 4.90. The van der Waals surface area contributed by atoms with Crippen LogP contribution in [0.15, 0.2) is 79.0 Å². The van der Waals surface area contributed by atoms with Crippen LogP contribution in [0.4, 0.5) is 11.6 Å². The van der Waals surface area contributed by atoms with E-state index in [-0.39, 0.29) is 0 Å². The Hall–Kier alpha value is -3.20. The van der Waals surface area contributed by atoms with Gasteiger partial charge in [-0.2, -0.15) is 0 Å². The first-order valence-corrected chi connectivity index (χ1v) is 8.99. The molecule has 1 atom stereocenters. The van der Waals surface area contributed by atoms with Crippen molar-refractivity contribution in [2.45, 2.75) is 19.4 Å². The standard InChI is InChI=1S/C23H19N3/c1-16-14-20-8-4-5-9-22(20)26(16)23-24-13-12-21(25-23)19-11-10-17-6-2-3-7-18(17)15-19/h2-13,15-16H,14H2,1H3. The van der Waals surface area contributed by atoms with Crippen molar-refractivity contribution >= 4 is 22.4 Å². The van der Waals surface area contributed by atoms with Gasteiger partial charge < -0.3 is 4.90 Å². The molecule has 2 heterocycles. The van der Waals surface area contributed by atoms with E-state index in [0.717, 1.165) is 23.6 Å². The van der Waals surface area contributed by atoms with Crippen LogP contribution in [-0.4, -0.2) is 16.0 Å². The minimum atomic E-state index is 0.360. The van der Waals surface area contributed by atoms with Crippen LogP contribution in [0.25, 0.3) is 22.0 Å². The molecule has 0 bridgehead atoms. The molecule has 0 radical (unpaired) electrons. The summed E-state index contributed by atoms with van der Waals surface area (Å²) in [7, 11) is 0. The molecular formula is C23H19N3. The Morgan fingerprint density at radius 2 is 1.69 bits per heavy atom. The van der Waals surface area contributed by atoms with E-state index in [4.69, 9.17) is 4.98 Å². The van der Waals surface area contributed by atoms with Crippen LogP contribution in [0, 0.1) is 0 Å². The zero-order valence-corrected chi connectivity index (χ0v) is 14.6. The number of anilines is 2.